The number of rotatable bonds is 7. The molecule has 0 aliphatic heterocycles. The lowest BCUT2D eigenvalue weighted by molar-refractivity contribution is -0.141. The number of aromatic nitrogens is 2. The maximum absolute atomic E-state index is 13.1. The smallest absolute Gasteiger partial charge is 0.325 e. The quantitative estimate of drug-likeness (QED) is 0.536. The Bertz CT molecular complexity index is 1030. The number of carbonyl (C=O) groups excluding carboxylic acids is 2. The summed E-state index contributed by atoms with van der Waals surface area (Å²) < 4.78 is 6.69. The fraction of sp³-hybridized carbons (Fsp3) is 0.261. The summed E-state index contributed by atoms with van der Waals surface area (Å²) in [6, 6.07) is 16.6. The van der Waals surface area contributed by atoms with E-state index in [4.69, 9.17) is 16.3 Å². The van der Waals surface area contributed by atoms with E-state index < -0.39 is 5.97 Å². The molecular weight excluding hydrogens is 402 g/mol. The molecule has 1 aromatic heterocycles. The Kier molecular flexibility index (Phi) is 6.90. The third kappa shape index (κ3) is 5.48. The third-order valence-corrected chi connectivity index (χ3v) is 5.01. The van der Waals surface area contributed by atoms with Crippen LogP contribution < -0.4 is 0 Å². The first-order valence-corrected chi connectivity index (χ1v) is 9.94. The zero-order valence-electron chi connectivity index (χ0n) is 17.3. The molecule has 0 aliphatic rings. The lowest BCUT2D eigenvalue weighted by Crippen LogP contribution is -2.35. The van der Waals surface area contributed by atoms with Crippen molar-refractivity contribution in [1.82, 2.24) is 14.7 Å². The molecule has 1 heterocycles. The number of halogens is 1. The summed E-state index contributed by atoms with van der Waals surface area (Å²) in [6.07, 6.45) is 0. The number of esters is 1. The Morgan fingerprint density at radius 3 is 2.23 bits per heavy atom. The van der Waals surface area contributed by atoms with Crippen molar-refractivity contribution in [2.24, 2.45) is 0 Å². The predicted molar refractivity (Wildman–Crippen MR) is 115 cm³/mol. The van der Waals surface area contributed by atoms with Crippen LogP contribution in [-0.4, -0.2) is 40.2 Å². The third-order valence-electron chi connectivity index (χ3n) is 4.76. The minimum Gasteiger partial charge on any atom is -0.468 e. The molecule has 0 saturated carbocycles. The van der Waals surface area contributed by atoms with Crippen LogP contribution in [-0.2, 0) is 22.6 Å². The van der Waals surface area contributed by atoms with Crippen molar-refractivity contribution in [2.75, 3.05) is 13.7 Å². The van der Waals surface area contributed by atoms with Gasteiger partial charge in [-0.1, -0.05) is 35.9 Å². The highest BCUT2D eigenvalue weighted by molar-refractivity contribution is 6.30. The van der Waals surface area contributed by atoms with Crippen LogP contribution in [0.4, 0.5) is 0 Å². The first kappa shape index (κ1) is 21.6. The highest BCUT2D eigenvalue weighted by atomic mass is 35.5. The van der Waals surface area contributed by atoms with Gasteiger partial charge in [-0.3, -0.25) is 14.3 Å². The zero-order chi connectivity index (χ0) is 21.7. The predicted octanol–water partition coefficient (Wildman–Crippen LogP) is 4.02. The van der Waals surface area contributed by atoms with Crippen LogP contribution in [0.25, 0.3) is 0 Å². The van der Waals surface area contributed by atoms with E-state index in [9.17, 15) is 9.59 Å². The second-order valence-electron chi connectivity index (χ2n) is 7.15. The van der Waals surface area contributed by atoms with E-state index in [-0.39, 0.29) is 19.0 Å². The molecular formula is C23H24ClN3O3. The Morgan fingerprint density at radius 1 is 1.03 bits per heavy atom. The summed E-state index contributed by atoms with van der Waals surface area (Å²) in [6.45, 7) is 4.75. The van der Waals surface area contributed by atoms with E-state index in [2.05, 4.69) is 5.10 Å². The van der Waals surface area contributed by atoms with Crippen LogP contribution in [0, 0.1) is 13.8 Å². The van der Waals surface area contributed by atoms with Gasteiger partial charge in [0.1, 0.15) is 6.54 Å². The molecule has 0 N–H and O–H groups in total. The van der Waals surface area contributed by atoms with Crippen LogP contribution >= 0.6 is 11.6 Å². The molecule has 2 aromatic carbocycles. The van der Waals surface area contributed by atoms with Crippen molar-refractivity contribution in [1.29, 1.82) is 0 Å². The maximum atomic E-state index is 13.1. The molecule has 7 heteroatoms. The fourth-order valence-corrected chi connectivity index (χ4v) is 3.30. The molecule has 0 radical (unpaired) electrons. The van der Waals surface area contributed by atoms with Crippen LogP contribution in [0.1, 0.15) is 32.9 Å². The second-order valence-corrected chi connectivity index (χ2v) is 7.58. The van der Waals surface area contributed by atoms with Crippen molar-refractivity contribution in [3.8, 4) is 0 Å². The standard InChI is InChI=1S/C23H24ClN3O3/c1-16-12-17(2)27(25-16)14-19-4-8-20(9-5-19)23(29)26(15-22(28)30-3)13-18-6-10-21(24)11-7-18/h4-12H,13-15H2,1-3H3. The number of nitrogens with zero attached hydrogens (tertiary/aromatic N) is 3. The van der Waals surface area contributed by atoms with E-state index in [1.807, 2.05) is 48.9 Å². The number of carbonyl (C=O) groups is 2. The van der Waals surface area contributed by atoms with Crippen LogP contribution in [0.2, 0.25) is 5.02 Å². The highest BCUT2D eigenvalue weighted by Gasteiger charge is 2.20. The molecule has 1 amide bonds. The van der Waals surface area contributed by atoms with Crippen molar-refractivity contribution < 1.29 is 14.3 Å². The van der Waals surface area contributed by atoms with Gasteiger partial charge in [-0.2, -0.15) is 5.10 Å². The first-order chi connectivity index (χ1) is 14.4. The Labute approximate surface area is 181 Å². The molecule has 6 nitrogen and oxygen atoms in total. The number of hydrogen-bond donors (Lipinski definition) is 0. The minimum atomic E-state index is -0.474. The number of methoxy groups -OCH3 is 1. The average molecular weight is 426 g/mol. The lowest BCUT2D eigenvalue weighted by atomic mass is 10.1. The van der Waals surface area contributed by atoms with Gasteiger partial charge in [0.2, 0.25) is 0 Å². The maximum Gasteiger partial charge on any atom is 0.325 e. The fourth-order valence-electron chi connectivity index (χ4n) is 3.17. The highest BCUT2D eigenvalue weighted by Crippen LogP contribution is 2.15. The van der Waals surface area contributed by atoms with Crippen molar-refractivity contribution >= 4 is 23.5 Å². The Balaban J connectivity index is 1.76. The Hall–Kier alpha value is -3.12. The van der Waals surface area contributed by atoms with Crippen LogP contribution in [0.5, 0.6) is 0 Å². The SMILES string of the molecule is COC(=O)CN(Cc1ccc(Cl)cc1)C(=O)c1ccc(Cn2nc(C)cc2C)cc1. The van der Waals surface area contributed by atoms with E-state index >= 15 is 0 Å². The first-order valence-electron chi connectivity index (χ1n) is 9.56. The van der Waals surface area contributed by atoms with Gasteiger partial charge in [0, 0.05) is 22.8 Å². The summed E-state index contributed by atoms with van der Waals surface area (Å²) in [4.78, 5) is 26.4. The van der Waals surface area contributed by atoms with Gasteiger partial charge in [-0.15, -0.1) is 0 Å². The number of ether oxygens (including phenoxy) is 1. The van der Waals surface area contributed by atoms with Gasteiger partial charge >= 0.3 is 5.97 Å². The van der Waals surface area contributed by atoms with Crippen LogP contribution in [0.15, 0.2) is 54.6 Å². The number of amides is 1. The molecule has 0 saturated heterocycles. The number of aryl methyl sites for hydroxylation is 2. The normalized spacial score (nSPS) is 10.7. The molecule has 0 fully saturated rings. The molecule has 0 atom stereocenters. The zero-order valence-corrected chi connectivity index (χ0v) is 18.0. The van der Waals surface area contributed by atoms with E-state index in [0.717, 1.165) is 22.5 Å². The van der Waals surface area contributed by atoms with E-state index in [1.54, 1.807) is 24.3 Å². The summed E-state index contributed by atoms with van der Waals surface area (Å²) in [7, 11) is 1.31. The molecule has 0 aliphatic carbocycles. The number of benzene rings is 2. The molecule has 0 unspecified atom stereocenters. The largest absolute Gasteiger partial charge is 0.468 e. The van der Waals surface area contributed by atoms with Gasteiger partial charge in [0.05, 0.1) is 19.3 Å². The molecule has 3 aromatic rings. The van der Waals surface area contributed by atoms with Crippen molar-refractivity contribution in [3.05, 3.63) is 87.7 Å². The Morgan fingerprint density at radius 2 is 1.67 bits per heavy atom. The second kappa shape index (κ2) is 9.59. The molecule has 3 rings (SSSR count). The lowest BCUT2D eigenvalue weighted by Gasteiger charge is -2.22. The monoisotopic (exact) mass is 425 g/mol. The molecule has 30 heavy (non-hydrogen) atoms. The average Bonchev–Trinajstić information content (AvgIpc) is 3.05. The summed E-state index contributed by atoms with van der Waals surface area (Å²) in [5.74, 6) is -0.716. The summed E-state index contributed by atoms with van der Waals surface area (Å²) in [5, 5.41) is 5.08. The van der Waals surface area contributed by atoms with Gasteiger partial charge < -0.3 is 9.64 Å². The van der Waals surface area contributed by atoms with E-state index in [0.29, 0.717) is 17.1 Å². The topological polar surface area (TPSA) is 64.4 Å². The summed E-state index contributed by atoms with van der Waals surface area (Å²) in [5.41, 5.74) is 4.47. The van der Waals surface area contributed by atoms with Crippen LogP contribution in [0.3, 0.4) is 0 Å². The van der Waals surface area contributed by atoms with Crippen molar-refractivity contribution in [3.63, 3.8) is 0 Å². The number of hydrogen-bond acceptors (Lipinski definition) is 4. The van der Waals surface area contributed by atoms with Gasteiger partial charge in [0.25, 0.3) is 5.91 Å². The van der Waals surface area contributed by atoms with Gasteiger partial charge in [0.15, 0.2) is 0 Å². The molecule has 0 spiro atoms. The molecule has 0 bridgehead atoms. The van der Waals surface area contributed by atoms with Crippen molar-refractivity contribution in [2.45, 2.75) is 26.9 Å². The molecule has 156 valence electrons. The van der Waals surface area contributed by atoms with Gasteiger partial charge in [-0.05, 0) is 55.3 Å². The summed E-state index contributed by atoms with van der Waals surface area (Å²) >= 11 is 5.94. The minimum absolute atomic E-state index is 0.133. The van der Waals surface area contributed by atoms with Gasteiger partial charge in [-0.25, -0.2) is 0 Å². The van der Waals surface area contributed by atoms with E-state index in [1.165, 1.54) is 12.0 Å².